The molecule has 0 amide bonds. The lowest BCUT2D eigenvalue weighted by molar-refractivity contribution is -0.386. The average Bonchev–Trinajstić information content (AvgIpc) is 2.38. The lowest BCUT2D eigenvalue weighted by atomic mass is 10.3. The molecule has 1 aliphatic heterocycles. The highest BCUT2D eigenvalue weighted by Gasteiger charge is 2.22. The van der Waals surface area contributed by atoms with Crippen LogP contribution in [0.15, 0.2) is 12.1 Å². The van der Waals surface area contributed by atoms with Gasteiger partial charge < -0.3 is 14.5 Å². The molecule has 1 fully saturated rings. The quantitative estimate of drug-likeness (QED) is 0.615. The molecule has 0 unspecified atom stereocenters. The first kappa shape index (κ1) is 14.5. The molecule has 2 rings (SSSR count). The van der Waals surface area contributed by atoms with Crippen LogP contribution in [0.2, 0.25) is 0 Å². The van der Waals surface area contributed by atoms with Crippen LogP contribution in [-0.4, -0.2) is 54.1 Å². The molecule has 110 valence electrons. The van der Waals surface area contributed by atoms with Gasteiger partial charge in [0.1, 0.15) is 5.82 Å². The summed E-state index contributed by atoms with van der Waals surface area (Å²) >= 11 is 0. The number of hydrogen-bond acceptors (Lipinski definition) is 6. The Hall–Kier alpha value is -1.89. The highest BCUT2D eigenvalue weighted by Crippen LogP contribution is 2.28. The van der Waals surface area contributed by atoms with E-state index in [0.29, 0.717) is 0 Å². The molecule has 1 saturated heterocycles. The standard InChI is InChI=1S/C13H20N4O3/c1-10(2)20-13-11(17(18)19)4-5-12(14-13)16-8-6-15(3)7-9-16/h4-5,10H,6-9H2,1-3H3. The number of rotatable bonds is 4. The Balaban J connectivity index is 2.24. The van der Waals surface area contributed by atoms with Gasteiger partial charge in [0.15, 0.2) is 0 Å². The molecule has 0 aromatic carbocycles. The predicted octanol–water partition coefficient (Wildman–Crippen LogP) is 1.53. The van der Waals surface area contributed by atoms with E-state index in [0.717, 1.165) is 32.0 Å². The number of hydrogen-bond donors (Lipinski definition) is 0. The molecule has 1 aromatic heterocycles. The number of aromatic nitrogens is 1. The molecular weight excluding hydrogens is 260 g/mol. The second-order valence-corrected chi connectivity index (χ2v) is 5.21. The summed E-state index contributed by atoms with van der Waals surface area (Å²) in [6.07, 6.45) is -0.149. The number of pyridine rings is 1. The van der Waals surface area contributed by atoms with Crippen molar-refractivity contribution < 1.29 is 9.66 Å². The van der Waals surface area contributed by atoms with Crippen molar-refractivity contribution in [1.29, 1.82) is 0 Å². The SMILES string of the molecule is CC(C)Oc1nc(N2CCN(C)CC2)ccc1[N+](=O)[O-]. The number of nitro groups is 1. The summed E-state index contributed by atoms with van der Waals surface area (Å²) in [4.78, 5) is 19.2. The van der Waals surface area contributed by atoms with Crippen LogP contribution in [0.5, 0.6) is 5.88 Å². The first-order chi connectivity index (χ1) is 9.47. The summed E-state index contributed by atoms with van der Waals surface area (Å²) in [5.74, 6) is 0.834. The molecule has 2 heterocycles. The van der Waals surface area contributed by atoms with Crippen molar-refractivity contribution in [3.63, 3.8) is 0 Å². The second-order valence-electron chi connectivity index (χ2n) is 5.21. The summed E-state index contributed by atoms with van der Waals surface area (Å²) < 4.78 is 5.47. The van der Waals surface area contributed by atoms with E-state index in [1.54, 1.807) is 6.07 Å². The van der Waals surface area contributed by atoms with E-state index in [-0.39, 0.29) is 17.7 Å². The van der Waals surface area contributed by atoms with Gasteiger partial charge in [0.05, 0.1) is 11.0 Å². The largest absolute Gasteiger partial charge is 0.470 e. The van der Waals surface area contributed by atoms with Gasteiger partial charge in [-0.2, -0.15) is 4.98 Å². The number of ether oxygens (including phenoxy) is 1. The number of likely N-dealkylation sites (N-methyl/N-ethyl adjacent to an activating group) is 1. The minimum absolute atomic E-state index is 0.0865. The van der Waals surface area contributed by atoms with Gasteiger partial charge in [-0.15, -0.1) is 0 Å². The van der Waals surface area contributed by atoms with Gasteiger partial charge in [-0.3, -0.25) is 10.1 Å². The Morgan fingerprint density at radius 2 is 1.95 bits per heavy atom. The van der Waals surface area contributed by atoms with E-state index in [2.05, 4.69) is 21.8 Å². The fraction of sp³-hybridized carbons (Fsp3) is 0.615. The van der Waals surface area contributed by atoms with E-state index >= 15 is 0 Å². The summed E-state index contributed by atoms with van der Waals surface area (Å²) in [5, 5.41) is 11.0. The second kappa shape index (κ2) is 6.04. The maximum atomic E-state index is 11.0. The Morgan fingerprint density at radius 3 is 2.50 bits per heavy atom. The lowest BCUT2D eigenvalue weighted by Gasteiger charge is -2.33. The first-order valence-electron chi connectivity index (χ1n) is 6.73. The van der Waals surface area contributed by atoms with Crippen molar-refractivity contribution in [2.45, 2.75) is 20.0 Å². The van der Waals surface area contributed by atoms with E-state index < -0.39 is 4.92 Å². The van der Waals surface area contributed by atoms with Gasteiger partial charge in [0.2, 0.25) is 0 Å². The fourth-order valence-corrected chi connectivity index (χ4v) is 2.08. The van der Waals surface area contributed by atoms with Crippen LogP contribution in [0.3, 0.4) is 0 Å². The normalized spacial score (nSPS) is 16.5. The summed E-state index contributed by atoms with van der Waals surface area (Å²) in [5.41, 5.74) is -0.0865. The fourth-order valence-electron chi connectivity index (χ4n) is 2.08. The molecule has 7 heteroatoms. The molecule has 20 heavy (non-hydrogen) atoms. The van der Waals surface area contributed by atoms with Gasteiger partial charge in [0, 0.05) is 32.2 Å². The Bertz CT molecular complexity index is 485. The van der Waals surface area contributed by atoms with Crippen molar-refractivity contribution in [3.05, 3.63) is 22.2 Å². The van der Waals surface area contributed by atoms with Gasteiger partial charge >= 0.3 is 5.69 Å². The van der Waals surface area contributed by atoms with Crippen LogP contribution in [-0.2, 0) is 0 Å². The first-order valence-corrected chi connectivity index (χ1v) is 6.73. The predicted molar refractivity (Wildman–Crippen MR) is 76.4 cm³/mol. The average molecular weight is 280 g/mol. The Labute approximate surface area is 118 Å². The highest BCUT2D eigenvalue weighted by atomic mass is 16.6. The zero-order valence-corrected chi connectivity index (χ0v) is 12.1. The molecule has 0 saturated carbocycles. The van der Waals surface area contributed by atoms with E-state index in [9.17, 15) is 10.1 Å². The van der Waals surface area contributed by atoms with Crippen molar-refractivity contribution in [2.24, 2.45) is 0 Å². The summed E-state index contributed by atoms with van der Waals surface area (Å²) in [6, 6.07) is 3.16. The molecule has 1 aliphatic rings. The lowest BCUT2D eigenvalue weighted by Crippen LogP contribution is -2.44. The van der Waals surface area contributed by atoms with Gasteiger partial charge in [-0.1, -0.05) is 0 Å². The van der Waals surface area contributed by atoms with Crippen LogP contribution in [0.4, 0.5) is 11.5 Å². The van der Waals surface area contributed by atoms with Gasteiger partial charge in [-0.25, -0.2) is 0 Å². The third kappa shape index (κ3) is 3.36. The molecule has 1 aromatic rings. The van der Waals surface area contributed by atoms with Crippen LogP contribution in [0, 0.1) is 10.1 Å². The molecule has 0 bridgehead atoms. The van der Waals surface area contributed by atoms with Crippen molar-refractivity contribution in [3.8, 4) is 5.88 Å². The maximum Gasteiger partial charge on any atom is 0.331 e. The van der Waals surface area contributed by atoms with Gasteiger partial charge in [-0.05, 0) is 27.0 Å². The third-order valence-corrected chi connectivity index (χ3v) is 3.20. The zero-order valence-electron chi connectivity index (χ0n) is 12.1. The van der Waals surface area contributed by atoms with E-state index in [1.807, 2.05) is 13.8 Å². The summed E-state index contributed by atoms with van der Waals surface area (Å²) in [7, 11) is 2.08. The molecule has 7 nitrogen and oxygen atoms in total. The van der Waals surface area contributed by atoms with Crippen molar-refractivity contribution in [1.82, 2.24) is 9.88 Å². The molecule has 0 radical (unpaired) electrons. The van der Waals surface area contributed by atoms with Crippen LogP contribution in [0.25, 0.3) is 0 Å². The zero-order chi connectivity index (χ0) is 14.7. The summed E-state index contributed by atoms with van der Waals surface area (Å²) in [6.45, 7) is 7.30. The highest BCUT2D eigenvalue weighted by molar-refractivity contribution is 5.50. The molecule has 0 N–H and O–H groups in total. The van der Waals surface area contributed by atoms with Crippen LogP contribution >= 0.6 is 0 Å². The van der Waals surface area contributed by atoms with E-state index in [4.69, 9.17) is 4.74 Å². The monoisotopic (exact) mass is 280 g/mol. The minimum Gasteiger partial charge on any atom is -0.470 e. The smallest absolute Gasteiger partial charge is 0.331 e. The topological polar surface area (TPSA) is 71.7 Å². The van der Waals surface area contributed by atoms with E-state index in [1.165, 1.54) is 6.07 Å². The van der Waals surface area contributed by atoms with Gasteiger partial charge in [0.25, 0.3) is 5.88 Å². The van der Waals surface area contributed by atoms with Crippen LogP contribution < -0.4 is 9.64 Å². The Morgan fingerprint density at radius 1 is 1.30 bits per heavy atom. The molecular formula is C13H20N4O3. The number of anilines is 1. The molecule has 0 aliphatic carbocycles. The van der Waals surface area contributed by atoms with Crippen molar-refractivity contribution >= 4 is 11.5 Å². The van der Waals surface area contributed by atoms with Crippen molar-refractivity contribution in [2.75, 3.05) is 38.1 Å². The number of nitrogens with zero attached hydrogens (tertiary/aromatic N) is 4. The number of piperazine rings is 1. The van der Waals surface area contributed by atoms with Crippen LogP contribution in [0.1, 0.15) is 13.8 Å². The Kier molecular flexibility index (Phi) is 4.39. The molecule has 0 atom stereocenters. The maximum absolute atomic E-state index is 11.0. The molecule has 0 spiro atoms. The third-order valence-electron chi connectivity index (χ3n) is 3.20. The minimum atomic E-state index is -0.460.